The number of hydrogen-bond donors (Lipinski definition) is 2. The first-order valence-corrected chi connectivity index (χ1v) is 6.89. The molecule has 2 N–H and O–H groups in total. The number of guanidine groups is 1. The Bertz CT molecular complexity index is 461. The number of benzene rings is 1. The molecule has 1 aromatic carbocycles. The molecule has 1 aliphatic carbocycles. The molecule has 0 amide bonds. The Morgan fingerprint density at radius 2 is 2.10 bits per heavy atom. The lowest BCUT2D eigenvalue weighted by Crippen LogP contribution is -2.41. The first kappa shape index (κ1) is 14.8. The first-order valence-electron chi connectivity index (χ1n) is 6.89. The SMILES string of the molecule is CN=C(NCC(OC)c1ccc(F)cc1)NC1CC1C. The summed E-state index contributed by atoms with van der Waals surface area (Å²) in [6, 6.07) is 6.89. The zero-order chi connectivity index (χ0) is 14.5. The second-order valence-corrected chi connectivity index (χ2v) is 5.19. The topological polar surface area (TPSA) is 45.7 Å². The van der Waals surface area contributed by atoms with E-state index in [-0.39, 0.29) is 11.9 Å². The Morgan fingerprint density at radius 1 is 1.45 bits per heavy atom. The van der Waals surface area contributed by atoms with Crippen molar-refractivity contribution in [1.29, 1.82) is 0 Å². The van der Waals surface area contributed by atoms with Gasteiger partial charge in [-0.1, -0.05) is 19.1 Å². The van der Waals surface area contributed by atoms with Crippen LogP contribution >= 0.6 is 0 Å². The van der Waals surface area contributed by atoms with Crippen molar-refractivity contribution in [2.45, 2.75) is 25.5 Å². The van der Waals surface area contributed by atoms with Crippen LogP contribution in [-0.2, 0) is 4.74 Å². The van der Waals surface area contributed by atoms with Crippen molar-refractivity contribution in [1.82, 2.24) is 10.6 Å². The standard InChI is InChI=1S/C15H22FN3O/c1-10-8-13(10)19-15(17-2)18-9-14(20-3)11-4-6-12(16)7-5-11/h4-7,10,13-14H,8-9H2,1-3H3,(H2,17,18,19). The molecule has 4 nitrogen and oxygen atoms in total. The number of nitrogens with zero attached hydrogens (tertiary/aromatic N) is 1. The molecule has 0 aliphatic heterocycles. The molecule has 1 aromatic rings. The average Bonchev–Trinajstić information content (AvgIpc) is 3.15. The molecule has 3 atom stereocenters. The maximum atomic E-state index is 12.9. The predicted octanol–water partition coefficient (Wildman–Crippen LogP) is 2.09. The van der Waals surface area contributed by atoms with E-state index < -0.39 is 0 Å². The number of rotatable bonds is 5. The lowest BCUT2D eigenvalue weighted by atomic mass is 10.1. The van der Waals surface area contributed by atoms with Crippen molar-refractivity contribution in [3.05, 3.63) is 35.6 Å². The molecule has 0 bridgehead atoms. The van der Waals surface area contributed by atoms with Crippen molar-refractivity contribution in [2.24, 2.45) is 10.9 Å². The van der Waals surface area contributed by atoms with Crippen molar-refractivity contribution in [3.63, 3.8) is 0 Å². The smallest absolute Gasteiger partial charge is 0.191 e. The Balaban J connectivity index is 1.87. The van der Waals surface area contributed by atoms with E-state index in [9.17, 15) is 4.39 Å². The number of methoxy groups -OCH3 is 1. The van der Waals surface area contributed by atoms with Gasteiger partial charge in [-0.15, -0.1) is 0 Å². The summed E-state index contributed by atoms with van der Waals surface area (Å²) in [7, 11) is 3.40. The molecule has 2 rings (SSSR count). The minimum atomic E-state index is -0.239. The van der Waals surface area contributed by atoms with E-state index in [0.29, 0.717) is 18.5 Å². The number of nitrogens with one attached hydrogen (secondary N) is 2. The van der Waals surface area contributed by atoms with Crippen molar-refractivity contribution in [3.8, 4) is 0 Å². The summed E-state index contributed by atoms with van der Waals surface area (Å²) in [6.07, 6.45) is 1.05. The lowest BCUT2D eigenvalue weighted by Gasteiger charge is -2.18. The second-order valence-electron chi connectivity index (χ2n) is 5.19. The maximum Gasteiger partial charge on any atom is 0.191 e. The molecule has 0 spiro atoms. The Morgan fingerprint density at radius 3 is 2.60 bits per heavy atom. The molecule has 1 saturated carbocycles. The van der Waals surface area contributed by atoms with E-state index in [0.717, 1.165) is 11.5 Å². The van der Waals surface area contributed by atoms with Crippen LogP contribution in [0.4, 0.5) is 4.39 Å². The lowest BCUT2D eigenvalue weighted by molar-refractivity contribution is 0.106. The van der Waals surface area contributed by atoms with Gasteiger partial charge in [0.1, 0.15) is 5.82 Å². The highest BCUT2D eigenvalue weighted by Crippen LogP contribution is 2.28. The maximum absolute atomic E-state index is 12.9. The average molecular weight is 279 g/mol. The van der Waals surface area contributed by atoms with E-state index in [1.165, 1.54) is 18.6 Å². The van der Waals surface area contributed by atoms with Crippen molar-refractivity contribution in [2.75, 3.05) is 20.7 Å². The highest BCUT2D eigenvalue weighted by atomic mass is 19.1. The molecular weight excluding hydrogens is 257 g/mol. The van der Waals surface area contributed by atoms with Gasteiger partial charge >= 0.3 is 0 Å². The summed E-state index contributed by atoms with van der Waals surface area (Å²) in [5.74, 6) is 1.25. The van der Waals surface area contributed by atoms with Gasteiger partial charge < -0.3 is 15.4 Å². The molecular formula is C15H22FN3O. The molecule has 0 radical (unpaired) electrons. The molecule has 5 heteroatoms. The van der Waals surface area contributed by atoms with Crippen LogP contribution < -0.4 is 10.6 Å². The van der Waals surface area contributed by atoms with E-state index in [1.807, 2.05) is 0 Å². The monoisotopic (exact) mass is 279 g/mol. The van der Waals surface area contributed by atoms with Crippen LogP contribution in [0.3, 0.4) is 0 Å². The Hall–Kier alpha value is -1.62. The van der Waals surface area contributed by atoms with Gasteiger partial charge in [0, 0.05) is 26.7 Å². The van der Waals surface area contributed by atoms with Crippen LogP contribution in [0.1, 0.15) is 25.0 Å². The van der Waals surface area contributed by atoms with Gasteiger partial charge in [-0.2, -0.15) is 0 Å². The molecule has 1 fully saturated rings. The fourth-order valence-electron chi connectivity index (χ4n) is 2.10. The summed E-state index contributed by atoms with van der Waals surface area (Å²) < 4.78 is 18.4. The van der Waals surface area contributed by atoms with Gasteiger partial charge in [-0.3, -0.25) is 4.99 Å². The first-order chi connectivity index (χ1) is 9.63. The number of ether oxygens (including phenoxy) is 1. The Labute approximate surface area is 119 Å². The summed E-state index contributed by atoms with van der Waals surface area (Å²) in [6.45, 7) is 2.80. The van der Waals surface area contributed by atoms with Gasteiger partial charge in [-0.25, -0.2) is 4.39 Å². The summed E-state index contributed by atoms with van der Waals surface area (Å²) in [4.78, 5) is 4.20. The Kier molecular flexibility index (Phi) is 4.95. The van der Waals surface area contributed by atoms with Crippen molar-refractivity contribution >= 4 is 5.96 Å². The molecule has 0 saturated heterocycles. The van der Waals surface area contributed by atoms with Gasteiger partial charge in [-0.05, 0) is 30.0 Å². The highest BCUT2D eigenvalue weighted by molar-refractivity contribution is 5.80. The van der Waals surface area contributed by atoms with E-state index >= 15 is 0 Å². The van der Waals surface area contributed by atoms with E-state index in [1.54, 1.807) is 26.3 Å². The minimum absolute atomic E-state index is 0.134. The third kappa shape index (κ3) is 3.93. The normalized spacial score (nSPS) is 23.3. The zero-order valence-corrected chi connectivity index (χ0v) is 12.2. The minimum Gasteiger partial charge on any atom is -0.375 e. The van der Waals surface area contributed by atoms with Gasteiger partial charge in [0.25, 0.3) is 0 Å². The molecule has 1 aliphatic rings. The van der Waals surface area contributed by atoms with Crippen LogP contribution in [0.25, 0.3) is 0 Å². The van der Waals surface area contributed by atoms with Crippen LogP contribution in [0.2, 0.25) is 0 Å². The van der Waals surface area contributed by atoms with Crippen LogP contribution in [0, 0.1) is 11.7 Å². The number of hydrogen-bond acceptors (Lipinski definition) is 2. The third-order valence-corrected chi connectivity index (χ3v) is 3.64. The largest absolute Gasteiger partial charge is 0.375 e. The van der Waals surface area contributed by atoms with Crippen LogP contribution in [-0.4, -0.2) is 32.7 Å². The molecule has 110 valence electrons. The van der Waals surface area contributed by atoms with E-state index in [4.69, 9.17) is 4.74 Å². The summed E-state index contributed by atoms with van der Waals surface area (Å²) in [5, 5.41) is 6.60. The van der Waals surface area contributed by atoms with Gasteiger partial charge in [0.15, 0.2) is 5.96 Å². The second kappa shape index (κ2) is 6.70. The van der Waals surface area contributed by atoms with Crippen molar-refractivity contribution < 1.29 is 9.13 Å². The van der Waals surface area contributed by atoms with E-state index in [2.05, 4.69) is 22.5 Å². The summed E-state index contributed by atoms with van der Waals surface area (Å²) >= 11 is 0. The quantitative estimate of drug-likeness (QED) is 0.641. The van der Waals surface area contributed by atoms with Gasteiger partial charge in [0.05, 0.1) is 6.10 Å². The molecule has 0 aromatic heterocycles. The predicted molar refractivity (Wildman–Crippen MR) is 78.2 cm³/mol. The third-order valence-electron chi connectivity index (χ3n) is 3.64. The molecule has 3 unspecified atom stereocenters. The molecule has 20 heavy (non-hydrogen) atoms. The van der Waals surface area contributed by atoms with Crippen LogP contribution in [0.5, 0.6) is 0 Å². The van der Waals surface area contributed by atoms with Gasteiger partial charge in [0.2, 0.25) is 0 Å². The fourth-order valence-corrected chi connectivity index (χ4v) is 2.10. The summed E-state index contributed by atoms with van der Waals surface area (Å²) in [5.41, 5.74) is 0.941. The highest BCUT2D eigenvalue weighted by Gasteiger charge is 2.33. The van der Waals surface area contributed by atoms with Crippen LogP contribution in [0.15, 0.2) is 29.3 Å². The molecule has 0 heterocycles. The number of halogens is 1. The number of aliphatic imine (C=N–C) groups is 1. The zero-order valence-electron chi connectivity index (χ0n) is 12.2. The fraction of sp³-hybridized carbons (Fsp3) is 0.533.